The van der Waals surface area contributed by atoms with E-state index in [1.165, 1.54) is 0 Å². The Bertz CT molecular complexity index is 379. The van der Waals surface area contributed by atoms with Crippen molar-refractivity contribution in [1.29, 1.82) is 0 Å². The molecule has 2 aliphatic rings. The topological polar surface area (TPSA) is 58.6 Å². The second-order valence-electron chi connectivity index (χ2n) is 5.83. The molecule has 0 saturated carbocycles. The van der Waals surface area contributed by atoms with Crippen molar-refractivity contribution in [3.63, 3.8) is 0 Å². The number of nitrogens with one attached hydrogen (secondary N) is 1. The summed E-state index contributed by atoms with van der Waals surface area (Å²) in [5.74, 6) is 0.673. The summed E-state index contributed by atoms with van der Waals surface area (Å²) >= 11 is 0. The first-order valence-corrected chi connectivity index (χ1v) is 9.06. The molecule has 112 valence electrons. The Morgan fingerprint density at radius 1 is 1.42 bits per heavy atom. The summed E-state index contributed by atoms with van der Waals surface area (Å²) in [6.45, 7) is 4.82. The fourth-order valence-electron chi connectivity index (χ4n) is 2.90. The van der Waals surface area contributed by atoms with E-state index in [0.29, 0.717) is 23.7 Å². The first-order chi connectivity index (χ1) is 8.98. The van der Waals surface area contributed by atoms with Crippen molar-refractivity contribution in [2.75, 3.05) is 38.2 Å². The van der Waals surface area contributed by atoms with E-state index in [2.05, 4.69) is 17.1 Å². The Morgan fingerprint density at radius 3 is 2.79 bits per heavy atom. The van der Waals surface area contributed by atoms with Gasteiger partial charge in [-0.25, -0.2) is 8.42 Å². The lowest BCUT2D eigenvalue weighted by Crippen LogP contribution is -2.43. The number of ether oxygens (including phenoxy) is 1. The predicted octanol–water partition coefficient (Wildman–Crippen LogP) is 0.262. The molecular weight excluding hydrogens is 264 g/mol. The lowest BCUT2D eigenvalue weighted by molar-refractivity contribution is 0.0825. The molecule has 0 amide bonds. The molecule has 6 heteroatoms. The van der Waals surface area contributed by atoms with Crippen LogP contribution in [0.5, 0.6) is 0 Å². The summed E-state index contributed by atoms with van der Waals surface area (Å²) < 4.78 is 28.5. The molecule has 3 atom stereocenters. The van der Waals surface area contributed by atoms with Gasteiger partial charge in [0.15, 0.2) is 9.84 Å². The van der Waals surface area contributed by atoms with Crippen molar-refractivity contribution in [1.82, 2.24) is 10.2 Å². The minimum atomic E-state index is -2.78. The van der Waals surface area contributed by atoms with Gasteiger partial charge in [0.05, 0.1) is 17.6 Å². The normalized spacial score (nSPS) is 31.9. The van der Waals surface area contributed by atoms with Crippen LogP contribution in [0.4, 0.5) is 0 Å². The highest BCUT2D eigenvalue weighted by Gasteiger charge is 2.30. The van der Waals surface area contributed by atoms with Crippen LogP contribution in [-0.4, -0.2) is 69.8 Å². The van der Waals surface area contributed by atoms with Gasteiger partial charge >= 0.3 is 0 Å². The van der Waals surface area contributed by atoms with Crippen molar-refractivity contribution in [2.45, 2.75) is 44.4 Å². The van der Waals surface area contributed by atoms with Crippen LogP contribution in [0, 0.1) is 0 Å². The average Bonchev–Trinajstić information content (AvgIpc) is 2.97. The van der Waals surface area contributed by atoms with Crippen LogP contribution in [0.1, 0.15) is 26.2 Å². The van der Waals surface area contributed by atoms with E-state index in [0.717, 1.165) is 39.0 Å². The molecule has 0 spiro atoms. The molecule has 0 aromatic rings. The zero-order valence-electron chi connectivity index (χ0n) is 12.0. The quantitative estimate of drug-likeness (QED) is 0.760. The van der Waals surface area contributed by atoms with Crippen LogP contribution in [0.2, 0.25) is 0 Å². The molecule has 2 aliphatic heterocycles. The molecule has 0 aromatic carbocycles. The van der Waals surface area contributed by atoms with E-state index >= 15 is 0 Å². The maximum Gasteiger partial charge on any atom is 0.151 e. The van der Waals surface area contributed by atoms with Crippen molar-refractivity contribution in [2.24, 2.45) is 0 Å². The summed E-state index contributed by atoms with van der Waals surface area (Å²) in [6.07, 6.45) is 3.43. The fraction of sp³-hybridized carbons (Fsp3) is 1.00. The van der Waals surface area contributed by atoms with Gasteiger partial charge in [-0.05, 0) is 33.2 Å². The Balaban J connectivity index is 1.65. The van der Waals surface area contributed by atoms with Crippen LogP contribution in [0.3, 0.4) is 0 Å². The van der Waals surface area contributed by atoms with E-state index in [1.807, 2.05) is 7.05 Å². The van der Waals surface area contributed by atoms with Gasteiger partial charge in [0.25, 0.3) is 0 Å². The maximum atomic E-state index is 11.4. The van der Waals surface area contributed by atoms with Crippen molar-refractivity contribution < 1.29 is 13.2 Å². The third-order valence-corrected chi connectivity index (χ3v) is 6.04. The highest BCUT2D eigenvalue weighted by Crippen LogP contribution is 2.17. The summed E-state index contributed by atoms with van der Waals surface area (Å²) in [5, 5.41) is 3.48. The number of sulfone groups is 1. The Labute approximate surface area is 116 Å². The zero-order valence-corrected chi connectivity index (χ0v) is 12.8. The number of rotatable bonds is 6. The van der Waals surface area contributed by atoms with Crippen LogP contribution in [0.15, 0.2) is 0 Å². The molecule has 0 aromatic heterocycles. The molecule has 1 N–H and O–H groups in total. The van der Waals surface area contributed by atoms with E-state index in [-0.39, 0.29) is 6.04 Å². The van der Waals surface area contributed by atoms with Crippen molar-refractivity contribution in [3.8, 4) is 0 Å². The second-order valence-corrected chi connectivity index (χ2v) is 8.06. The highest BCUT2D eigenvalue weighted by atomic mass is 32.2. The lowest BCUT2D eigenvalue weighted by Gasteiger charge is -2.25. The molecule has 2 rings (SSSR count). The predicted molar refractivity (Wildman–Crippen MR) is 76.1 cm³/mol. The standard InChI is InChI=1S/C13H26N2O3S/c1-11(13-4-3-8-18-13)14-6-7-15(2)12-5-9-19(16,17)10-12/h11-14H,3-10H2,1-2H3. The molecule has 2 heterocycles. The minimum absolute atomic E-state index is 0.199. The number of nitrogens with zero attached hydrogens (tertiary/aromatic N) is 1. The van der Waals surface area contributed by atoms with Gasteiger partial charge in [-0.3, -0.25) is 0 Å². The molecule has 2 saturated heterocycles. The number of hydrogen-bond donors (Lipinski definition) is 1. The van der Waals surface area contributed by atoms with Crippen LogP contribution in [-0.2, 0) is 14.6 Å². The lowest BCUT2D eigenvalue weighted by atomic mass is 10.1. The largest absolute Gasteiger partial charge is 0.377 e. The molecule has 19 heavy (non-hydrogen) atoms. The Kier molecular flexibility index (Phi) is 5.22. The van der Waals surface area contributed by atoms with Crippen molar-refractivity contribution in [3.05, 3.63) is 0 Å². The smallest absolute Gasteiger partial charge is 0.151 e. The summed E-state index contributed by atoms with van der Waals surface area (Å²) in [4.78, 5) is 2.17. The SMILES string of the molecule is CC(NCCN(C)C1CCS(=O)(=O)C1)C1CCCO1. The van der Waals surface area contributed by atoms with E-state index in [1.54, 1.807) is 0 Å². The van der Waals surface area contributed by atoms with Crippen LogP contribution in [0.25, 0.3) is 0 Å². The van der Waals surface area contributed by atoms with Crippen molar-refractivity contribution >= 4 is 9.84 Å². The molecule has 0 radical (unpaired) electrons. The van der Waals surface area contributed by atoms with Crippen LogP contribution >= 0.6 is 0 Å². The summed E-state index contributed by atoms with van der Waals surface area (Å²) in [6, 6.07) is 0.577. The molecule has 3 unspecified atom stereocenters. The van der Waals surface area contributed by atoms with E-state index < -0.39 is 9.84 Å². The highest BCUT2D eigenvalue weighted by molar-refractivity contribution is 7.91. The van der Waals surface area contributed by atoms with Gasteiger partial charge in [-0.2, -0.15) is 0 Å². The molecule has 0 aliphatic carbocycles. The molecule has 0 bridgehead atoms. The van der Waals surface area contributed by atoms with Gasteiger partial charge in [0.1, 0.15) is 0 Å². The summed E-state index contributed by atoms with van der Waals surface area (Å²) in [7, 11) is -0.759. The summed E-state index contributed by atoms with van der Waals surface area (Å²) in [5.41, 5.74) is 0. The second kappa shape index (κ2) is 6.52. The van der Waals surface area contributed by atoms with E-state index in [4.69, 9.17) is 4.74 Å². The number of likely N-dealkylation sites (N-methyl/N-ethyl adjacent to an activating group) is 1. The monoisotopic (exact) mass is 290 g/mol. The number of hydrogen-bond acceptors (Lipinski definition) is 5. The first-order valence-electron chi connectivity index (χ1n) is 7.23. The third kappa shape index (κ3) is 4.41. The van der Waals surface area contributed by atoms with Crippen LogP contribution < -0.4 is 5.32 Å². The van der Waals surface area contributed by atoms with Gasteiger partial charge < -0.3 is 15.0 Å². The zero-order chi connectivity index (χ0) is 13.9. The van der Waals surface area contributed by atoms with E-state index in [9.17, 15) is 8.42 Å². The van der Waals surface area contributed by atoms with Gasteiger partial charge in [0, 0.05) is 31.8 Å². The Morgan fingerprint density at radius 2 is 2.21 bits per heavy atom. The average molecular weight is 290 g/mol. The van der Waals surface area contributed by atoms with Gasteiger partial charge in [-0.1, -0.05) is 0 Å². The van der Waals surface area contributed by atoms with Gasteiger partial charge in [-0.15, -0.1) is 0 Å². The molecular formula is C13H26N2O3S. The fourth-order valence-corrected chi connectivity index (χ4v) is 4.71. The third-order valence-electron chi connectivity index (χ3n) is 4.29. The molecule has 5 nitrogen and oxygen atoms in total. The Hall–Kier alpha value is -0.170. The maximum absolute atomic E-state index is 11.4. The molecule has 2 fully saturated rings. The first kappa shape index (κ1) is 15.2. The van der Waals surface area contributed by atoms with Gasteiger partial charge in [0.2, 0.25) is 0 Å². The minimum Gasteiger partial charge on any atom is -0.377 e.